The van der Waals surface area contributed by atoms with Crippen molar-refractivity contribution >= 4 is 17.3 Å². The van der Waals surface area contributed by atoms with E-state index in [1.54, 1.807) is 0 Å². The van der Waals surface area contributed by atoms with E-state index in [2.05, 4.69) is 0 Å². The molecule has 0 radical (unpaired) electrons. The zero-order valence-electron chi connectivity index (χ0n) is 5.28. The first-order valence-corrected chi connectivity index (χ1v) is 3.10. The standard InChI is InChI=1S/C6H4ClNO3/c7-5-2-1-4(9)3-6(5)8(10)11/h1-3,9H/p-1. The maximum atomic E-state index is 10.6. The molecule has 0 heterocycles. The fourth-order valence-electron chi connectivity index (χ4n) is 0.632. The van der Waals surface area contributed by atoms with E-state index >= 15 is 0 Å². The molecule has 0 aliphatic heterocycles. The third-order valence-corrected chi connectivity index (χ3v) is 1.43. The van der Waals surface area contributed by atoms with Gasteiger partial charge in [-0.1, -0.05) is 17.7 Å². The van der Waals surface area contributed by atoms with Gasteiger partial charge in [-0.2, -0.15) is 0 Å². The Balaban J connectivity index is 3.23. The Morgan fingerprint density at radius 3 is 2.55 bits per heavy atom. The van der Waals surface area contributed by atoms with E-state index in [-0.39, 0.29) is 10.7 Å². The zero-order valence-corrected chi connectivity index (χ0v) is 6.04. The van der Waals surface area contributed by atoms with E-state index in [0.29, 0.717) is 0 Å². The molecule has 11 heavy (non-hydrogen) atoms. The number of nitro benzene ring substituents is 1. The monoisotopic (exact) mass is 172 g/mol. The second-order valence-corrected chi connectivity index (χ2v) is 2.28. The Morgan fingerprint density at radius 1 is 1.45 bits per heavy atom. The lowest BCUT2D eigenvalue weighted by Crippen LogP contribution is -1.93. The van der Waals surface area contributed by atoms with Crippen LogP contribution in [0.2, 0.25) is 5.02 Å². The average Bonchev–Trinajstić information content (AvgIpc) is 1.94. The minimum absolute atomic E-state index is 0.0189. The summed E-state index contributed by atoms with van der Waals surface area (Å²) < 4.78 is 0. The molecule has 0 atom stereocenters. The second kappa shape index (κ2) is 2.75. The molecule has 0 fully saturated rings. The third kappa shape index (κ3) is 1.59. The van der Waals surface area contributed by atoms with Crippen LogP contribution in [-0.2, 0) is 0 Å². The largest absolute Gasteiger partial charge is 0.872 e. The highest BCUT2D eigenvalue weighted by Gasteiger charge is 2.09. The summed E-state index contributed by atoms with van der Waals surface area (Å²) in [6, 6.07) is 3.28. The Labute approximate surface area is 67.2 Å². The molecule has 1 aromatic carbocycles. The van der Waals surface area contributed by atoms with E-state index in [1.807, 2.05) is 0 Å². The Morgan fingerprint density at radius 2 is 2.09 bits per heavy atom. The van der Waals surface area contributed by atoms with Gasteiger partial charge in [0.25, 0.3) is 5.69 Å². The summed E-state index contributed by atoms with van der Waals surface area (Å²) in [5.41, 5.74) is -0.348. The number of hydrogen-bond acceptors (Lipinski definition) is 3. The van der Waals surface area contributed by atoms with Gasteiger partial charge in [-0.3, -0.25) is 10.1 Å². The molecule has 0 aromatic heterocycles. The van der Waals surface area contributed by atoms with Crippen LogP contribution in [0.5, 0.6) is 5.75 Å². The molecular formula is C6H3ClNO3-. The molecule has 0 aliphatic carbocycles. The molecule has 0 bridgehead atoms. The van der Waals surface area contributed by atoms with Crippen molar-refractivity contribution in [2.45, 2.75) is 0 Å². The lowest BCUT2D eigenvalue weighted by Gasteiger charge is -2.03. The van der Waals surface area contributed by atoms with E-state index in [4.69, 9.17) is 11.6 Å². The van der Waals surface area contributed by atoms with E-state index in [9.17, 15) is 15.2 Å². The van der Waals surface area contributed by atoms with E-state index in [1.165, 1.54) is 12.1 Å². The molecular weight excluding hydrogens is 170 g/mol. The summed E-state index contributed by atoms with van der Waals surface area (Å²) >= 11 is 5.41. The number of halogens is 1. The molecule has 0 amide bonds. The maximum Gasteiger partial charge on any atom is 0.287 e. The smallest absolute Gasteiger partial charge is 0.287 e. The SMILES string of the molecule is O=[N+]([O-])c1cc([O-])ccc1Cl. The van der Waals surface area contributed by atoms with Gasteiger partial charge < -0.3 is 5.11 Å². The molecule has 5 heteroatoms. The van der Waals surface area contributed by atoms with E-state index in [0.717, 1.165) is 6.07 Å². The first-order valence-electron chi connectivity index (χ1n) is 2.72. The van der Waals surface area contributed by atoms with Gasteiger partial charge in [-0.25, -0.2) is 0 Å². The summed E-state index contributed by atoms with van der Waals surface area (Å²) in [5, 5.41) is 20.7. The van der Waals surface area contributed by atoms with Gasteiger partial charge in [0.15, 0.2) is 0 Å². The van der Waals surface area contributed by atoms with Gasteiger partial charge in [0, 0.05) is 6.07 Å². The van der Waals surface area contributed by atoms with Crippen molar-refractivity contribution in [1.82, 2.24) is 0 Å². The quantitative estimate of drug-likeness (QED) is 0.474. The van der Waals surface area contributed by atoms with Gasteiger partial charge in [0.05, 0.1) is 4.92 Å². The lowest BCUT2D eigenvalue weighted by atomic mass is 10.3. The van der Waals surface area contributed by atoms with Crippen molar-refractivity contribution in [3.05, 3.63) is 33.3 Å². The van der Waals surface area contributed by atoms with E-state index < -0.39 is 10.7 Å². The topological polar surface area (TPSA) is 66.2 Å². The van der Waals surface area contributed by atoms with Crippen LogP contribution < -0.4 is 5.11 Å². The Kier molecular flexibility index (Phi) is 1.96. The highest BCUT2D eigenvalue weighted by molar-refractivity contribution is 6.32. The fraction of sp³-hybridized carbons (Fsp3) is 0. The maximum absolute atomic E-state index is 10.6. The Bertz CT molecular complexity index is 300. The summed E-state index contributed by atoms with van der Waals surface area (Å²) in [7, 11) is 0. The predicted octanol–water partition coefficient (Wildman–Crippen LogP) is 1.32. The van der Waals surface area contributed by atoms with Crippen molar-refractivity contribution < 1.29 is 10.0 Å². The number of nitro groups is 1. The van der Waals surface area contributed by atoms with Crippen LogP contribution in [0.25, 0.3) is 0 Å². The van der Waals surface area contributed by atoms with Gasteiger partial charge >= 0.3 is 0 Å². The first-order chi connectivity index (χ1) is 5.11. The van der Waals surface area contributed by atoms with Crippen LogP contribution in [0.4, 0.5) is 5.69 Å². The molecule has 0 saturated heterocycles. The van der Waals surface area contributed by atoms with Crippen molar-refractivity contribution in [3.63, 3.8) is 0 Å². The molecule has 58 valence electrons. The Hall–Kier alpha value is -1.29. The highest BCUT2D eigenvalue weighted by atomic mass is 35.5. The summed E-state index contributed by atoms with van der Waals surface area (Å²) in [5.74, 6) is -0.416. The third-order valence-electron chi connectivity index (χ3n) is 1.11. The number of benzene rings is 1. The van der Waals surface area contributed by atoms with Crippen LogP contribution >= 0.6 is 11.6 Å². The van der Waals surface area contributed by atoms with Gasteiger partial charge in [0.1, 0.15) is 5.02 Å². The molecule has 0 spiro atoms. The van der Waals surface area contributed by atoms with Crippen molar-refractivity contribution in [2.24, 2.45) is 0 Å². The van der Waals surface area contributed by atoms with Crippen LogP contribution in [0.1, 0.15) is 0 Å². The molecule has 0 unspecified atom stereocenters. The van der Waals surface area contributed by atoms with Gasteiger partial charge in [0.2, 0.25) is 0 Å². The predicted molar refractivity (Wildman–Crippen MR) is 37.6 cm³/mol. The first kappa shape index (κ1) is 7.81. The van der Waals surface area contributed by atoms with Crippen molar-refractivity contribution in [3.8, 4) is 5.75 Å². The van der Waals surface area contributed by atoms with Crippen LogP contribution in [0, 0.1) is 10.1 Å². The zero-order chi connectivity index (χ0) is 8.43. The number of nitrogens with zero attached hydrogens (tertiary/aromatic N) is 1. The number of hydrogen-bond donors (Lipinski definition) is 0. The van der Waals surface area contributed by atoms with Gasteiger partial charge in [-0.05, 0) is 6.07 Å². The second-order valence-electron chi connectivity index (χ2n) is 1.87. The van der Waals surface area contributed by atoms with Crippen LogP contribution in [0.3, 0.4) is 0 Å². The fourth-order valence-corrected chi connectivity index (χ4v) is 0.819. The average molecular weight is 173 g/mol. The lowest BCUT2D eigenvalue weighted by molar-refractivity contribution is -0.385. The minimum Gasteiger partial charge on any atom is -0.872 e. The van der Waals surface area contributed by atoms with Crippen LogP contribution in [-0.4, -0.2) is 4.92 Å². The molecule has 4 nitrogen and oxygen atoms in total. The van der Waals surface area contributed by atoms with Gasteiger partial charge in [-0.15, -0.1) is 5.75 Å². The van der Waals surface area contributed by atoms with Crippen molar-refractivity contribution in [2.75, 3.05) is 0 Å². The normalized spacial score (nSPS) is 9.55. The highest BCUT2D eigenvalue weighted by Crippen LogP contribution is 2.26. The number of rotatable bonds is 1. The molecule has 0 saturated carbocycles. The molecule has 0 aliphatic rings. The molecule has 1 rings (SSSR count). The molecule has 1 aromatic rings. The van der Waals surface area contributed by atoms with Crippen molar-refractivity contribution in [1.29, 1.82) is 0 Å². The summed E-state index contributed by atoms with van der Waals surface area (Å²) in [6.45, 7) is 0. The minimum atomic E-state index is -0.691. The summed E-state index contributed by atoms with van der Waals surface area (Å²) in [6.07, 6.45) is 0. The van der Waals surface area contributed by atoms with Crippen LogP contribution in [0.15, 0.2) is 18.2 Å². The molecule has 0 N–H and O–H groups in total. The summed E-state index contributed by atoms with van der Waals surface area (Å²) in [4.78, 5) is 9.47.